The van der Waals surface area contributed by atoms with Crippen molar-refractivity contribution >= 4 is 34.2 Å². The van der Waals surface area contributed by atoms with E-state index in [0.29, 0.717) is 5.69 Å². The summed E-state index contributed by atoms with van der Waals surface area (Å²) in [6.45, 7) is 2.11. The number of anilines is 1. The highest BCUT2D eigenvalue weighted by Gasteiger charge is 2.39. The predicted molar refractivity (Wildman–Crippen MR) is 110 cm³/mol. The normalized spacial score (nSPS) is 19.3. The first-order valence-corrected chi connectivity index (χ1v) is 9.96. The molecule has 1 aromatic carbocycles. The molecular formula is C20H22IN3O. The van der Waals surface area contributed by atoms with Gasteiger partial charge in [-0.15, -0.1) is 6.42 Å². The van der Waals surface area contributed by atoms with Crippen molar-refractivity contribution in [3.05, 3.63) is 52.8 Å². The molecule has 3 rings (SSSR count). The van der Waals surface area contributed by atoms with Crippen molar-refractivity contribution in [1.29, 1.82) is 0 Å². The summed E-state index contributed by atoms with van der Waals surface area (Å²) in [5.41, 5.74) is 11.2. The SMILES string of the molecule is C#CC(=O)N1[C@@H](CCCI)Cc2c(C)c[nH]c2[C@@H]1c1ccc(N)cc1. The van der Waals surface area contributed by atoms with E-state index in [-0.39, 0.29) is 18.0 Å². The van der Waals surface area contributed by atoms with Crippen LogP contribution in [-0.2, 0) is 11.2 Å². The summed E-state index contributed by atoms with van der Waals surface area (Å²) in [6, 6.07) is 7.63. The van der Waals surface area contributed by atoms with E-state index in [1.807, 2.05) is 35.4 Å². The number of amides is 1. The van der Waals surface area contributed by atoms with Crippen molar-refractivity contribution in [2.24, 2.45) is 0 Å². The Kier molecular flexibility index (Phi) is 5.38. The van der Waals surface area contributed by atoms with Gasteiger partial charge in [0.2, 0.25) is 0 Å². The number of terminal acetylenes is 1. The summed E-state index contributed by atoms with van der Waals surface area (Å²) in [5, 5.41) is 0. The molecule has 0 saturated carbocycles. The molecular weight excluding hydrogens is 425 g/mol. The number of hydrogen-bond donors (Lipinski definition) is 2. The van der Waals surface area contributed by atoms with Crippen LogP contribution >= 0.6 is 22.6 Å². The second kappa shape index (κ2) is 7.52. The summed E-state index contributed by atoms with van der Waals surface area (Å²) in [4.78, 5) is 17.9. The molecule has 25 heavy (non-hydrogen) atoms. The Labute approximate surface area is 162 Å². The molecule has 0 bridgehead atoms. The van der Waals surface area contributed by atoms with E-state index in [1.165, 1.54) is 11.1 Å². The minimum absolute atomic E-state index is 0.114. The number of rotatable bonds is 4. The Morgan fingerprint density at radius 2 is 2.16 bits per heavy atom. The molecule has 0 unspecified atom stereocenters. The smallest absolute Gasteiger partial charge is 0.299 e. The van der Waals surface area contributed by atoms with Gasteiger partial charge in [-0.1, -0.05) is 34.7 Å². The minimum Gasteiger partial charge on any atom is -0.399 e. The maximum Gasteiger partial charge on any atom is 0.299 e. The summed E-state index contributed by atoms with van der Waals surface area (Å²) in [5.74, 6) is 2.08. The van der Waals surface area contributed by atoms with Crippen LogP contribution in [0, 0.1) is 19.3 Å². The van der Waals surface area contributed by atoms with Crippen molar-refractivity contribution in [3.8, 4) is 12.3 Å². The fraction of sp³-hybridized carbons (Fsp3) is 0.350. The van der Waals surface area contributed by atoms with Crippen LogP contribution in [0.1, 0.15) is 41.3 Å². The molecule has 0 saturated heterocycles. The van der Waals surface area contributed by atoms with Crippen LogP contribution in [-0.4, -0.2) is 26.3 Å². The van der Waals surface area contributed by atoms with E-state index in [9.17, 15) is 4.79 Å². The number of alkyl halides is 1. The van der Waals surface area contributed by atoms with Crippen molar-refractivity contribution in [2.75, 3.05) is 10.2 Å². The fourth-order valence-corrected chi connectivity index (χ4v) is 4.13. The van der Waals surface area contributed by atoms with Crippen LogP contribution in [0.4, 0.5) is 5.69 Å². The lowest BCUT2D eigenvalue weighted by Gasteiger charge is -2.41. The molecule has 1 aromatic heterocycles. The molecule has 3 N–H and O–H groups in total. The molecule has 0 fully saturated rings. The second-order valence-electron chi connectivity index (χ2n) is 6.48. The standard InChI is InChI=1S/C20H22IN3O/c1-3-18(25)24-16(5-4-10-21)11-17-13(2)12-23-19(17)20(24)14-6-8-15(22)9-7-14/h1,6-9,12,16,20,23H,4-5,10-11,22H2,2H3/t16-,20-/m0/s1. The predicted octanol–water partition coefficient (Wildman–Crippen LogP) is 3.60. The van der Waals surface area contributed by atoms with Crippen molar-refractivity contribution in [3.63, 3.8) is 0 Å². The molecule has 4 nitrogen and oxygen atoms in total. The topological polar surface area (TPSA) is 62.1 Å². The molecule has 0 radical (unpaired) electrons. The Morgan fingerprint density at radius 1 is 1.44 bits per heavy atom. The fourth-order valence-electron chi connectivity index (χ4n) is 3.69. The molecule has 1 aliphatic rings. The van der Waals surface area contributed by atoms with E-state index in [1.54, 1.807) is 0 Å². The average molecular weight is 447 g/mol. The van der Waals surface area contributed by atoms with E-state index < -0.39 is 0 Å². The zero-order valence-corrected chi connectivity index (χ0v) is 16.4. The number of halogens is 1. The van der Waals surface area contributed by atoms with Gasteiger partial charge >= 0.3 is 0 Å². The molecule has 5 heteroatoms. The van der Waals surface area contributed by atoms with Crippen molar-refractivity contribution < 1.29 is 4.79 Å². The molecule has 1 amide bonds. The third kappa shape index (κ3) is 3.40. The van der Waals surface area contributed by atoms with Crippen LogP contribution in [0.2, 0.25) is 0 Å². The lowest BCUT2D eigenvalue weighted by molar-refractivity contribution is -0.130. The third-order valence-electron chi connectivity index (χ3n) is 4.91. The molecule has 1 aliphatic heterocycles. The van der Waals surface area contributed by atoms with Gasteiger partial charge in [0, 0.05) is 23.6 Å². The number of nitrogens with two attached hydrogens (primary N) is 1. The molecule has 2 heterocycles. The van der Waals surface area contributed by atoms with E-state index in [0.717, 1.165) is 34.9 Å². The number of aromatic amines is 1. The summed E-state index contributed by atoms with van der Waals surface area (Å²) in [7, 11) is 0. The van der Waals surface area contributed by atoms with Crippen LogP contribution in [0.5, 0.6) is 0 Å². The van der Waals surface area contributed by atoms with Crippen LogP contribution < -0.4 is 5.73 Å². The van der Waals surface area contributed by atoms with Gasteiger partial charge in [0.25, 0.3) is 5.91 Å². The van der Waals surface area contributed by atoms with Crippen LogP contribution in [0.25, 0.3) is 0 Å². The largest absolute Gasteiger partial charge is 0.399 e. The van der Waals surface area contributed by atoms with Gasteiger partial charge in [0.05, 0.1) is 6.04 Å². The molecule has 0 spiro atoms. The van der Waals surface area contributed by atoms with Gasteiger partial charge in [-0.05, 0) is 65.4 Å². The Bertz CT molecular complexity index is 803. The number of nitrogen functional groups attached to an aromatic ring is 1. The quantitative estimate of drug-likeness (QED) is 0.326. The monoisotopic (exact) mass is 447 g/mol. The van der Waals surface area contributed by atoms with Gasteiger partial charge < -0.3 is 15.6 Å². The van der Waals surface area contributed by atoms with Crippen molar-refractivity contribution in [2.45, 2.75) is 38.3 Å². The Morgan fingerprint density at radius 3 is 2.80 bits per heavy atom. The summed E-state index contributed by atoms with van der Waals surface area (Å²) < 4.78 is 1.07. The van der Waals surface area contributed by atoms with Gasteiger partial charge in [-0.25, -0.2) is 0 Å². The number of aryl methyl sites for hydroxylation is 1. The number of hydrogen-bond acceptors (Lipinski definition) is 2. The number of benzene rings is 1. The number of nitrogens with one attached hydrogen (secondary N) is 1. The maximum atomic E-state index is 12.7. The highest BCUT2D eigenvalue weighted by atomic mass is 127. The van der Waals surface area contributed by atoms with E-state index >= 15 is 0 Å². The number of carbonyl (C=O) groups is 1. The third-order valence-corrected chi connectivity index (χ3v) is 5.67. The van der Waals surface area contributed by atoms with Gasteiger partial charge in [0.1, 0.15) is 0 Å². The zero-order valence-electron chi connectivity index (χ0n) is 14.3. The number of aromatic nitrogens is 1. The van der Waals surface area contributed by atoms with E-state index in [4.69, 9.17) is 12.2 Å². The first-order chi connectivity index (χ1) is 12.1. The van der Waals surface area contributed by atoms with Crippen LogP contribution in [0.3, 0.4) is 0 Å². The number of fused-ring (bicyclic) bond motifs is 1. The minimum atomic E-state index is -0.252. The molecule has 2 aromatic rings. The summed E-state index contributed by atoms with van der Waals surface area (Å²) >= 11 is 2.38. The van der Waals surface area contributed by atoms with Crippen molar-refractivity contribution in [1.82, 2.24) is 9.88 Å². The molecule has 130 valence electrons. The zero-order chi connectivity index (χ0) is 18.0. The highest BCUT2D eigenvalue weighted by molar-refractivity contribution is 14.1. The second-order valence-corrected chi connectivity index (χ2v) is 7.56. The maximum absolute atomic E-state index is 12.7. The Hall–Kier alpha value is -1.94. The number of carbonyl (C=O) groups excluding carboxylic acids is 1. The summed E-state index contributed by atoms with van der Waals surface area (Å²) in [6.07, 6.45) is 10.4. The highest BCUT2D eigenvalue weighted by Crippen LogP contribution is 2.40. The lowest BCUT2D eigenvalue weighted by atomic mass is 9.86. The first-order valence-electron chi connectivity index (χ1n) is 8.43. The van der Waals surface area contributed by atoms with Gasteiger partial charge in [0.15, 0.2) is 0 Å². The molecule has 2 atom stereocenters. The number of H-pyrrole nitrogens is 1. The van der Waals surface area contributed by atoms with Crippen LogP contribution in [0.15, 0.2) is 30.5 Å². The lowest BCUT2D eigenvalue weighted by Crippen LogP contribution is -2.47. The van der Waals surface area contributed by atoms with Gasteiger partial charge in [-0.3, -0.25) is 4.79 Å². The molecule has 0 aliphatic carbocycles. The van der Waals surface area contributed by atoms with E-state index in [2.05, 4.69) is 40.4 Å². The van der Waals surface area contributed by atoms with Gasteiger partial charge in [-0.2, -0.15) is 0 Å². The first kappa shape index (κ1) is 17.9. The number of nitrogens with zero attached hydrogens (tertiary/aromatic N) is 1. The average Bonchev–Trinajstić information content (AvgIpc) is 2.99. The Balaban J connectivity index is 2.12.